The van der Waals surface area contributed by atoms with Crippen molar-refractivity contribution in [3.63, 3.8) is 0 Å². The minimum atomic E-state index is -1.29. The van der Waals surface area contributed by atoms with E-state index in [4.69, 9.17) is 0 Å². The predicted molar refractivity (Wildman–Crippen MR) is 128 cm³/mol. The van der Waals surface area contributed by atoms with Crippen molar-refractivity contribution < 1.29 is 9.59 Å². The van der Waals surface area contributed by atoms with Gasteiger partial charge in [-0.3, -0.25) is 9.59 Å². The number of carbonyl (C=O) groups is 2. The molecule has 5 rings (SSSR count). The van der Waals surface area contributed by atoms with Crippen molar-refractivity contribution in [1.82, 2.24) is 0 Å². The van der Waals surface area contributed by atoms with Crippen molar-refractivity contribution in [2.45, 2.75) is 11.8 Å². The standard InChI is InChI=1S/C30H22O2/c31-28-26(23-15-7-2-8-16-23)27(24-17-9-3-10-18-24)29(32)30(28,25-19-11-4-12-20-25)21-22-13-5-1-6-14-22/h1-20H,21H2. The van der Waals surface area contributed by atoms with Crippen molar-refractivity contribution in [2.75, 3.05) is 0 Å². The van der Waals surface area contributed by atoms with E-state index in [1.54, 1.807) is 0 Å². The molecule has 0 amide bonds. The second-order valence-electron chi connectivity index (χ2n) is 8.07. The number of allylic oxidation sites excluding steroid dienone is 2. The molecular weight excluding hydrogens is 392 g/mol. The van der Waals surface area contributed by atoms with Crippen LogP contribution in [0.1, 0.15) is 22.3 Å². The Labute approximate surface area is 187 Å². The first-order chi connectivity index (χ1) is 15.7. The van der Waals surface area contributed by atoms with Gasteiger partial charge in [-0.15, -0.1) is 0 Å². The van der Waals surface area contributed by atoms with Crippen molar-refractivity contribution >= 4 is 22.7 Å². The molecule has 0 saturated heterocycles. The zero-order valence-corrected chi connectivity index (χ0v) is 17.6. The average Bonchev–Trinajstić information content (AvgIpc) is 3.08. The lowest BCUT2D eigenvalue weighted by Crippen LogP contribution is -2.42. The molecule has 32 heavy (non-hydrogen) atoms. The zero-order valence-electron chi connectivity index (χ0n) is 17.6. The van der Waals surface area contributed by atoms with Crippen LogP contribution in [0.15, 0.2) is 121 Å². The highest BCUT2D eigenvalue weighted by Crippen LogP contribution is 2.48. The Morgan fingerprint density at radius 1 is 0.469 bits per heavy atom. The SMILES string of the molecule is O=C1C(c2ccccc2)=C(c2ccccc2)C(=O)C1(Cc1ccccc1)c1ccccc1. The maximum absolute atomic E-state index is 14.3. The summed E-state index contributed by atoms with van der Waals surface area (Å²) in [5.74, 6) is -0.273. The van der Waals surface area contributed by atoms with Crippen molar-refractivity contribution in [3.8, 4) is 0 Å². The normalized spacial score (nSPS) is 15.2. The molecule has 0 aromatic heterocycles. The molecule has 0 saturated carbocycles. The lowest BCUT2D eigenvalue weighted by molar-refractivity contribution is -0.127. The van der Waals surface area contributed by atoms with Crippen molar-refractivity contribution in [3.05, 3.63) is 144 Å². The number of hydrogen-bond acceptors (Lipinski definition) is 2. The van der Waals surface area contributed by atoms with Crippen LogP contribution in [0.2, 0.25) is 0 Å². The highest BCUT2D eigenvalue weighted by molar-refractivity contribution is 6.56. The van der Waals surface area contributed by atoms with Gasteiger partial charge in [-0.2, -0.15) is 0 Å². The third kappa shape index (κ3) is 3.21. The lowest BCUT2D eigenvalue weighted by Gasteiger charge is -2.28. The number of hydrogen-bond donors (Lipinski definition) is 0. The quantitative estimate of drug-likeness (QED) is 0.379. The van der Waals surface area contributed by atoms with Gasteiger partial charge in [0.1, 0.15) is 5.41 Å². The Balaban J connectivity index is 1.78. The Bertz CT molecular complexity index is 1230. The van der Waals surface area contributed by atoms with E-state index in [0.29, 0.717) is 17.6 Å². The first kappa shape index (κ1) is 19.9. The van der Waals surface area contributed by atoms with E-state index < -0.39 is 5.41 Å². The van der Waals surface area contributed by atoms with Gasteiger partial charge in [0, 0.05) is 11.1 Å². The predicted octanol–water partition coefficient (Wildman–Crippen LogP) is 5.93. The molecule has 4 aromatic carbocycles. The van der Waals surface area contributed by atoms with Crippen LogP contribution < -0.4 is 0 Å². The molecule has 1 aliphatic carbocycles. The molecule has 154 valence electrons. The fourth-order valence-corrected chi connectivity index (χ4v) is 4.67. The van der Waals surface area contributed by atoms with Gasteiger partial charge in [-0.1, -0.05) is 121 Å². The maximum Gasteiger partial charge on any atom is 0.182 e. The van der Waals surface area contributed by atoms with Gasteiger partial charge in [0.05, 0.1) is 0 Å². The number of carbonyl (C=O) groups excluding carboxylic acids is 2. The van der Waals surface area contributed by atoms with Crippen LogP contribution in [-0.4, -0.2) is 11.6 Å². The summed E-state index contributed by atoms with van der Waals surface area (Å²) in [6.45, 7) is 0. The van der Waals surface area contributed by atoms with Gasteiger partial charge in [0.15, 0.2) is 11.6 Å². The molecule has 0 fully saturated rings. The molecule has 0 atom stereocenters. The number of ketones is 2. The summed E-state index contributed by atoms with van der Waals surface area (Å²) >= 11 is 0. The largest absolute Gasteiger partial charge is 0.293 e. The maximum atomic E-state index is 14.3. The summed E-state index contributed by atoms with van der Waals surface area (Å²) in [7, 11) is 0. The molecule has 0 spiro atoms. The number of benzene rings is 4. The molecule has 0 N–H and O–H groups in total. The molecule has 0 aliphatic heterocycles. The van der Waals surface area contributed by atoms with E-state index in [1.165, 1.54) is 0 Å². The van der Waals surface area contributed by atoms with Gasteiger partial charge in [0.2, 0.25) is 0 Å². The Morgan fingerprint density at radius 2 is 0.844 bits per heavy atom. The van der Waals surface area contributed by atoms with Crippen molar-refractivity contribution in [2.24, 2.45) is 0 Å². The second kappa shape index (κ2) is 8.24. The van der Waals surface area contributed by atoms with Gasteiger partial charge in [0.25, 0.3) is 0 Å². The Morgan fingerprint density at radius 3 is 1.28 bits per heavy atom. The summed E-state index contributed by atoms with van der Waals surface area (Å²) in [5, 5.41) is 0. The third-order valence-corrected chi connectivity index (χ3v) is 6.18. The highest BCUT2D eigenvalue weighted by Gasteiger charge is 2.55. The summed E-state index contributed by atoms with van der Waals surface area (Å²) in [5.41, 5.74) is 2.95. The van der Waals surface area contributed by atoms with E-state index >= 15 is 0 Å². The van der Waals surface area contributed by atoms with Crippen LogP contribution in [0, 0.1) is 0 Å². The molecule has 0 heterocycles. The minimum absolute atomic E-state index is 0.136. The Kier molecular flexibility index (Phi) is 5.12. The van der Waals surface area contributed by atoms with Crippen LogP contribution in [0.5, 0.6) is 0 Å². The van der Waals surface area contributed by atoms with Crippen LogP contribution >= 0.6 is 0 Å². The minimum Gasteiger partial charge on any atom is -0.293 e. The molecule has 0 unspecified atom stereocenters. The van der Waals surface area contributed by atoms with Gasteiger partial charge in [-0.25, -0.2) is 0 Å². The lowest BCUT2D eigenvalue weighted by atomic mass is 9.70. The third-order valence-electron chi connectivity index (χ3n) is 6.18. The van der Waals surface area contributed by atoms with E-state index in [-0.39, 0.29) is 11.6 Å². The van der Waals surface area contributed by atoms with Crippen LogP contribution in [0.25, 0.3) is 11.1 Å². The smallest absolute Gasteiger partial charge is 0.182 e. The van der Waals surface area contributed by atoms with E-state index in [0.717, 1.165) is 22.3 Å². The summed E-state index contributed by atoms with van der Waals surface area (Å²) in [4.78, 5) is 28.7. The highest BCUT2D eigenvalue weighted by atomic mass is 16.2. The second-order valence-corrected chi connectivity index (χ2v) is 8.07. The zero-order chi connectivity index (χ0) is 22.0. The summed E-state index contributed by atoms with van der Waals surface area (Å²) < 4.78 is 0. The fourth-order valence-electron chi connectivity index (χ4n) is 4.67. The fraction of sp³-hybridized carbons (Fsp3) is 0.0667. The average molecular weight is 415 g/mol. The molecule has 0 bridgehead atoms. The molecule has 2 nitrogen and oxygen atoms in total. The summed E-state index contributed by atoms with van der Waals surface area (Å²) in [6.07, 6.45) is 0.322. The van der Waals surface area contributed by atoms with Crippen molar-refractivity contribution in [1.29, 1.82) is 0 Å². The van der Waals surface area contributed by atoms with Crippen LogP contribution in [-0.2, 0) is 21.4 Å². The molecule has 1 aliphatic rings. The van der Waals surface area contributed by atoms with Gasteiger partial charge in [-0.05, 0) is 28.7 Å². The number of Topliss-reactive ketones (excluding diaryl/α,β-unsaturated/α-hetero) is 2. The van der Waals surface area contributed by atoms with E-state index in [9.17, 15) is 9.59 Å². The van der Waals surface area contributed by atoms with Crippen LogP contribution in [0.4, 0.5) is 0 Å². The Hall–Kier alpha value is -4.04. The molecule has 4 aromatic rings. The van der Waals surface area contributed by atoms with E-state index in [1.807, 2.05) is 121 Å². The van der Waals surface area contributed by atoms with Gasteiger partial charge >= 0.3 is 0 Å². The first-order valence-corrected chi connectivity index (χ1v) is 10.8. The van der Waals surface area contributed by atoms with Gasteiger partial charge < -0.3 is 0 Å². The molecule has 0 radical (unpaired) electrons. The van der Waals surface area contributed by atoms with E-state index in [2.05, 4.69) is 0 Å². The molecular formula is C30H22O2. The first-order valence-electron chi connectivity index (χ1n) is 10.8. The molecule has 2 heteroatoms. The summed E-state index contributed by atoms with van der Waals surface area (Å²) in [6, 6.07) is 38.4. The topological polar surface area (TPSA) is 34.1 Å². The number of rotatable bonds is 5. The van der Waals surface area contributed by atoms with Crippen LogP contribution in [0.3, 0.4) is 0 Å². The monoisotopic (exact) mass is 414 g/mol.